The summed E-state index contributed by atoms with van der Waals surface area (Å²) in [6, 6.07) is 12.0. The number of amides is 1. The summed E-state index contributed by atoms with van der Waals surface area (Å²) in [7, 11) is 0. The zero-order chi connectivity index (χ0) is 17.8. The van der Waals surface area contributed by atoms with Crippen molar-refractivity contribution in [1.82, 2.24) is 10.2 Å². The quantitative estimate of drug-likeness (QED) is 0.564. The minimum absolute atomic E-state index is 0.102. The molecule has 0 radical (unpaired) electrons. The lowest BCUT2D eigenvalue weighted by molar-refractivity contribution is -0.113. The van der Waals surface area contributed by atoms with Gasteiger partial charge in [-0.05, 0) is 30.3 Å². The lowest BCUT2D eigenvalue weighted by Gasteiger charge is -2.05. The Morgan fingerprint density at radius 1 is 1.04 bits per heavy atom. The first-order valence-electron chi connectivity index (χ1n) is 6.99. The Morgan fingerprint density at radius 2 is 1.84 bits per heavy atom. The molecule has 1 amide bonds. The molecule has 1 aromatic heterocycles. The molecule has 0 atom stereocenters. The van der Waals surface area contributed by atoms with Gasteiger partial charge in [0.15, 0.2) is 0 Å². The molecule has 0 bridgehead atoms. The van der Waals surface area contributed by atoms with Crippen LogP contribution in [0.25, 0.3) is 11.5 Å². The fraction of sp³-hybridized carbons (Fsp3) is 0.0625. The first kappa shape index (κ1) is 18.1. The number of thioether (sulfide) groups is 1. The van der Waals surface area contributed by atoms with Crippen molar-refractivity contribution in [1.29, 1.82) is 0 Å². The maximum atomic E-state index is 12.0. The number of anilines is 1. The number of nitrogens with one attached hydrogen (secondary N) is 1. The van der Waals surface area contributed by atoms with Gasteiger partial charge in [0.1, 0.15) is 0 Å². The van der Waals surface area contributed by atoms with E-state index in [9.17, 15) is 4.79 Å². The van der Waals surface area contributed by atoms with Gasteiger partial charge in [-0.15, -0.1) is 10.2 Å². The van der Waals surface area contributed by atoms with Crippen LogP contribution in [0.15, 0.2) is 52.1 Å². The predicted octanol–water partition coefficient (Wildman–Crippen LogP) is 5.43. The van der Waals surface area contributed by atoms with Crippen molar-refractivity contribution in [2.24, 2.45) is 0 Å². The number of benzene rings is 2. The molecule has 0 saturated heterocycles. The monoisotopic (exact) mass is 413 g/mol. The average molecular weight is 415 g/mol. The molecule has 25 heavy (non-hydrogen) atoms. The van der Waals surface area contributed by atoms with Crippen molar-refractivity contribution < 1.29 is 9.21 Å². The van der Waals surface area contributed by atoms with Crippen molar-refractivity contribution in [3.63, 3.8) is 0 Å². The van der Waals surface area contributed by atoms with Crippen LogP contribution in [0, 0.1) is 0 Å². The highest BCUT2D eigenvalue weighted by atomic mass is 35.5. The molecule has 0 aliphatic heterocycles. The summed E-state index contributed by atoms with van der Waals surface area (Å²) in [4.78, 5) is 12.0. The Kier molecular flexibility index (Phi) is 5.86. The molecule has 1 heterocycles. The fourth-order valence-electron chi connectivity index (χ4n) is 1.91. The maximum Gasteiger partial charge on any atom is 0.277 e. The van der Waals surface area contributed by atoms with E-state index in [0.29, 0.717) is 32.2 Å². The standard InChI is InChI=1S/C16H10Cl3N3O2S/c17-11-4-2-1-3-10(11)15-21-22-16(24-15)25-8-14(23)20-9-5-6-12(18)13(19)7-9/h1-7H,8H2,(H,20,23). The molecule has 2 aromatic carbocycles. The van der Waals surface area contributed by atoms with Crippen LogP contribution in [0.2, 0.25) is 15.1 Å². The second-order valence-electron chi connectivity index (χ2n) is 4.82. The van der Waals surface area contributed by atoms with Crippen molar-refractivity contribution in [2.75, 3.05) is 11.1 Å². The van der Waals surface area contributed by atoms with E-state index in [0.717, 1.165) is 11.8 Å². The number of carbonyl (C=O) groups excluding carboxylic acids is 1. The van der Waals surface area contributed by atoms with Crippen LogP contribution in [-0.4, -0.2) is 21.9 Å². The Bertz CT molecular complexity index is 917. The van der Waals surface area contributed by atoms with Crippen molar-refractivity contribution in [3.05, 3.63) is 57.5 Å². The highest BCUT2D eigenvalue weighted by Gasteiger charge is 2.13. The topological polar surface area (TPSA) is 68.0 Å². The summed E-state index contributed by atoms with van der Waals surface area (Å²) in [5.74, 6) is 0.170. The molecule has 3 rings (SSSR count). The Morgan fingerprint density at radius 3 is 2.60 bits per heavy atom. The molecule has 1 N–H and O–H groups in total. The molecular weight excluding hydrogens is 405 g/mol. The van der Waals surface area contributed by atoms with Gasteiger partial charge in [-0.3, -0.25) is 4.79 Å². The predicted molar refractivity (Wildman–Crippen MR) is 101 cm³/mol. The van der Waals surface area contributed by atoms with Gasteiger partial charge in [-0.1, -0.05) is 58.7 Å². The number of aromatic nitrogens is 2. The normalized spacial score (nSPS) is 10.7. The zero-order valence-electron chi connectivity index (χ0n) is 12.5. The first-order chi connectivity index (χ1) is 12.0. The van der Waals surface area contributed by atoms with E-state index in [-0.39, 0.29) is 16.9 Å². The molecule has 0 aliphatic carbocycles. The zero-order valence-corrected chi connectivity index (χ0v) is 15.6. The second-order valence-corrected chi connectivity index (χ2v) is 6.97. The van der Waals surface area contributed by atoms with Crippen LogP contribution in [-0.2, 0) is 4.79 Å². The lowest BCUT2D eigenvalue weighted by Crippen LogP contribution is -2.13. The van der Waals surface area contributed by atoms with E-state index < -0.39 is 0 Å². The van der Waals surface area contributed by atoms with Crippen LogP contribution >= 0.6 is 46.6 Å². The van der Waals surface area contributed by atoms with Gasteiger partial charge < -0.3 is 9.73 Å². The number of carbonyl (C=O) groups is 1. The van der Waals surface area contributed by atoms with Crippen LogP contribution in [0.1, 0.15) is 0 Å². The van der Waals surface area contributed by atoms with Gasteiger partial charge >= 0.3 is 0 Å². The molecule has 0 aliphatic rings. The molecule has 0 spiro atoms. The summed E-state index contributed by atoms with van der Waals surface area (Å²) < 4.78 is 5.52. The number of hydrogen-bond donors (Lipinski definition) is 1. The minimum atomic E-state index is -0.235. The van der Waals surface area contributed by atoms with Crippen LogP contribution < -0.4 is 5.32 Å². The van der Waals surface area contributed by atoms with E-state index in [1.807, 2.05) is 12.1 Å². The Balaban J connectivity index is 1.59. The largest absolute Gasteiger partial charge is 0.411 e. The lowest BCUT2D eigenvalue weighted by atomic mass is 10.2. The highest BCUT2D eigenvalue weighted by Crippen LogP contribution is 2.29. The van der Waals surface area contributed by atoms with Crippen molar-refractivity contribution >= 4 is 58.2 Å². The summed E-state index contributed by atoms with van der Waals surface area (Å²) in [6.45, 7) is 0. The number of hydrogen-bond acceptors (Lipinski definition) is 5. The van der Waals surface area contributed by atoms with Gasteiger partial charge in [0.25, 0.3) is 5.22 Å². The van der Waals surface area contributed by atoms with E-state index >= 15 is 0 Å². The molecular formula is C16H10Cl3N3O2S. The summed E-state index contributed by atoms with van der Waals surface area (Å²) in [5, 5.41) is 12.1. The van der Waals surface area contributed by atoms with Gasteiger partial charge in [0.2, 0.25) is 11.8 Å². The summed E-state index contributed by atoms with van der Waals surface area (Å²) in [6.07, 6.45) is 0. The first-order valence-corrected chi connectivity index (χ1v) is 9.11. The number of halogens is 3. The SMILES string of the molecule is O=C(CSc1nnc(-c2ccccc2Cl)o1)Nc1ccc(Cl)c(Cl)c1. The van der Waals surface area contributed by atoms with Crippen molar-refractivity contribution in [3.8, 4) is 11.5 Å². The van der Waals surface area contributed by atoms with E-state index in [2.05, 4.69) is 15.5 Å². The Labute approximate surface area is 162 Å². The highest BCUT2D eigenvalue weighted by molar-refractivity contribution is 7.99. The molecule has 0 unspecified atom stereocenters. The summed E-state index contributed by atoms with van der Waals surface area (Å²) >= 11 is 19.0. The van der Waals surface area contributed by atoms with Gasteiger partial charge in [-0.2, -0.15) is 0 Å². The van der Waals surface area contributed by atoms with Gasteiger partial charge in [0.05, 0.1) is 26.4 Å². The molecule has 128 valence electrons. The van der Waals surface area contributed by atoms with E-state index in [4.69, 9.17) is 39.2 Å². The van der Waals surface area contributed by atoms with Gasteiger partial charge in [0, 0.05) is 5.69 Å². The molecule has 9 heteroatoms. The third-order valence-electron chi connectivity index (χ3n) is 3.04. The molecule has 3 aromatic rings. The minimum Gasteiger partial charge on any atom is -0.411 e. The number of rotatable bonds is 5. The van der Waals surface area contributed by atoms with E-state index in [1.165, 1.54) is 0 Å². The third kappa shape index (κ3) is 4.67. The molecule has 0 saturated carbocycles. The maximum absolute atomic E-state index is 12.0. The van der Waals surface area contributed by atoms with E-state index in [1.54, 1.807) is 30.3 Å². The second kappa shape index (κ2) is 8.10. The third-order valence-corrected chi connectivity index (χ3v) is 4.93. The molecule has 0 fully saturated rings. The van der Waals surface area contributed by atoms with Crippen LogP contribution in [0.3, 0.4) is 0 Å². The average Bonchev–Trinajstić information content (AvgIpc) is 3.05. The number of nitrogens with zero attached hydrogens (tertiary/aromatic N) is 2. The summed E-state index contributed by atoms with van der Waals surface area (Å²) in [5.41, 5.74) is 1.20. The van der Waals surface area contributed by atoms with Crippen molar-refractivity contribution in [2.45, 2.75) is 5.22 Å². The molecule has 5 nitrogen and oxygen atoms in total. The smallest absolute Gasteiger partial charge is 0.277 e. The fourth-order valence-corrected chi connectivity index (χ4v) is 2.99. The van der Waals surface area contributed by atoms with Crippen LogP contribution in [0.5, 0.6) is 0 Å². The van der Waals surface area contributed by atoms with Crippen LogP contribution in [0.4, 0.5) is 5.69 Å². The van der Waals surface area contributed by atoms with Gasteiger partial charge in [-0.25, -0.2) is 0 Å². The Hall–Kier alpha value is -1.73.